The summed E-state index contributed by atoms with van der Waals surface area (Å²) in [4.78, 5) is 28.7. The molecule has 1 atom stereocenters. The third-order valence-corrected chi connectivity index (χ3v) is 4.58. The summed E-state index contributed by atoms with van der Waals surface area (Å²) in [7, 11) is 0. The van der Waals surface area contributed by atoms with Crippen LogP contribution in [0.1, 0.15) is 36.0 Å². The Balaban J connectivity index is 2.23. The molecular formula is C17H20N2O3S2. The van der Waals surface area contributed by atoms with E-state index >= 15 is 0 Å². The number of hydrogen-bond acceptors (Lipinski definition) is 5. The number of aliphatic carboxylic acids is 1. The fourth-order valence-electron chi connectivity index (χ4n) is 1.95. The number of amides is 1. The van der Waals surface area contributed by atoms with Crippen molar-refractivity contribution in [3.63, 3.8) is 0 Å². The van der Waals surface area contributed by atoms with Crippen LogP contribution in [0.5, 0.6) is 0 Å². The van der Waals surface area contributed by atoms with Gasteiger partial charge in [0.1, 0.15) is 6.04 Å². The van der Waals surface area contributed by atoms with Crippen molar-refractivity contribution in [3.8, 4) is 0 Å². The summed E-state index contributed by atoms with van der Waals surface area (Å²) in [6.45, 7) is 6.08. The smallest absolute Gasteiger partial charge is 0.327 e. The van der Waals surface area contributed by atoms with Gasteiger partial charge in [-0.05, 0) is 50.4 Å². The molecule has 5 nitrogen and oxygen atoms in total. The number of nitrogens with one attached hydrogen (secondary N) is 1. The lowest BCUT2D eigenvalue weighted by atomic mass is 10.1. The molecule has 0 bridgehead atoms. The summed E-state index contributed by atoms with van der Waals surface area (Å²) in [5.41, 5.74) is 0.285. The van der Waals surface area contributed by atoms with Gasteiger partial charge in [-0.1, -0.05) is 0 Å². The van der Waals surface area contributed by atoms with Gasteiger partial charge in [-0.25, -0.2) is 4.79 Å². The van der Waals surface area contributed by atoms with Crippen LogP contribution in [0.15, 0.2) is 29.3 Å². The molecule has 0 spiro atoms. The third-order valence-electron chi connectivity index (χ3n) is 3.16. The number of carbonyl (C=O) groups excluding carboxylic acids is 1. The van der Waals surface area contributed by atoms with E-state index in [4.69, 9.17) is 5.11 Å². The Morgan fingerprint density at radius 3 is 2.67 bits per heavy atom. The third kappa shape index (κ3) is 4.82. The van der Waals surface area contributed by atoms with Crippen molar-refractivity contribution < 1.29 is 14.7 Å². The van der Waals surface area contributed by atoms with Crippen molar-refractivity contribution in [2.75, 3.05) is 5.75 Å². The second-order valence-electron chi connectivity index (χ2n) is 6.38. The fourth-order valence-corrected chi connectivity index (χ4v) is 3.12. The van der Waals surface area contributed by atoms with Crippen molar-refractivity contribution >= 4 is 52.1 Å². The molecular weight excluding hydrogens is 344 g/mol. The van der Waals surface area contributed by atoms with Crippen LogP contribution in [0.4, 0.5) is 0 Å². The number of thiophene rings is 1. The minimum Gasteiger partial charge on any atom is -0.480 e. The number of aliphatic imine (C=N–C) groups is 1. The molecule has 128 valence electrons. The lowest BCUT2D eigenvalue weighted by Crippen LogP contribution is -2.42. The summed E-state index contributed by atoms with van der Waals surface area (Å²) in [5.74, 6) is -1.49. The highest BCUT2D eigenvalue weighted by Crippen LogP contribution is 2.26. The molecule has 2 N–H and O–H groups in total. The molecule has 24 heavy (non-hydrogen) atoms. The first-order valence-corrected chi connectivity index (χ1v) is 8.88. The van der Waals surface area contributed by atoms with Crippen LogP contribution < -0.4 is 5.32 Å². The van der Waals surface area contributed by atoms with Gasteiger partial charge in [0.15, 0.2) is 0 Å². The van der Waals surface area contributed by atoms with Crippen molar-refractivity contribution in [1.29, 1.82) is 0 Å². The van der Waals surface area contributed by atoms with E-state index in [0.29, 0.717) is 5.56 Å². The van der Waals surface area contributed by atoms with Gasteiger partial charge in [0.05, 0.1) is 5.54 Å². The van der Waals surface area contributed by atoms with E-state index in [2.05, 4.69) is 22.9 Å². The predicted molar refractivity (Wildman–Crippen MR) is 102 cm³/mol. The first-order valence-electron chi connectivity index (χ1n) is 7.43. The van der Waals surface area contributed by atoms with E-state index in [-0.39, 0.29) is 11.3 Å². The average Bonchev–Trinajstić information content (AvgIpc) is 2.91. The number of carboxylic acids is 1. The maximum absolute atomic E-state index is 12.2. The molecule has 2 aromatic rings. The Morgan fingerprint density at radius 1 is 1.38 bits per heavy atom. The van der Waals surface area contributed by atoms with Gasteiger partial charge < -0.3 is 10.4 Å². The Hall–Kier alpha value is -1.86. The lowest BCUT2D eigenvalue weighted by Gasteiger charge is -2.11. The molecule has 0 radical (unpaired) electrons. The Bertz CT molecular complexity index is 791. The Labute approximate surface area is 150 Å². The molecule has 1 aromatic heterocycles. The van der Waals surface area contributed by atoms with Gasteiger partial charge >= 0.3 is 5.97 Å². The maximum atomic E-state index is 12.2. The van der Waals surface area contributed by atoms with Gasteiger partial charge in [-0.2, -0.15) is 12.6 Å². The van der Waals surface area contributed by atoms with Gasteiger partial charge in [0.2, 0.25) is 0 Å². The number of nitrogens with zero attached hydrogens (tertiary/aromatic N) is 1. The summed E-state index contributed by atoms with van der Waals surface area (Å²) in [5, 5.41) is 12.4. The van der Waals surface area contributed by atoms with Gasteiger partial charge in [0.25, 0.3) is 5.91 Å². The van der Waals surface area contributed by atoms with E-state index in [1.165, 1.54) is 0 Å². The van der Waals surface area contributed by atoms with Crippen molar-refractivity contribution in [3.05, 3.63) is 34.7 Å². The molecule has 0 fully saturated rings. The van der Waals surface area contributed by atoms with Gasteiger partial charge in [0, 0.05) is 27.1 Å². The molecule has 1 amide bonds. The standard InChI is InChI=1S/C17H20N2O3S2/c1-17(2,3)18-8-12-7-11-6-10(4-5-14(11)24-12)15(20)19-13(9-23)16(21)22/h4-8,13,23H,9H2,1-3H3,(H,19,20)(H,21,22)/b18-8-. The van der Waals surface area contributed by atoms with Gasteiger partial charge in [-0.15, -0.1) is 11.3 Å². The van der Waals surface area contributed by atoms with E-state index in [1.807, 2.05) is 39.1 Å². The van der Waals surface area contributed by atoms with Crippen LogP contribution in [0.2, 0.25) is 0 Å². The number of fused-ring (bicyclic) bond motifs is 1. The van der Waals surface area contributed by atoms with E-state index < -0.39 is 17.9 Å². The minimum atomic E-state index is -1.10. The molecule has 0 aliphatic heterocycles. The van der Waals surface area contributed by atoms with Crippen LogP contribution in [0.3, 0.4) is 0 Å². The zero-order chi connectivity index (χ0) is 17.9. The summed E-state index contributed by atoms with van der Waals surface area (Å²) in [6, 6.07) is 6.27. The number of benzene rings is 1. The van der Waals surface area contributed by atoms with Crippen LogP contribution >= 0.6 is 24.0 Å². The van der Waals surface area contributed by atoms with Crippen LogP contribution in [0, 0.1) is 0 Å². The van der Waals surface area contributed by atoms with E-state index in [1.54, 1.807) is 23.5 Å². The molecule has 7 heteroatoms. The molecule has 0 aliphatic rings. The topological polar surface area (TPSA) is 78.8 Å². The molecule has 2 rings (SSSR count). The lowest BCUT2D eigenvalue weighted by molar-refractivity contribution is -0.138. The van der Waals surface area contributed by atoms with Crippen molar-refractivity contribution in [1.82, 2.24) is 5.32 Å². The highest BCUT2D eigenvalue weighted by atomic mass is 32.1. The zero-order valence-electron chi connectivity index (χ0n) is 13.7. The number of hydrogen-bond donors (Lipinski definition) is 3. The molecule has 0 saturated carbocycles. The fraction of sp³-hybridized carbons (Fsp3) is 0.353. The highest BCUT2D eigenvalue weighted by molar-refractivity contribution is 7.80. The second kappa shape index (κ2) is 7.36. The molecule has 1 aromatic carbocycles. The van der Waals surface area contributed by atoms with Gasteiger partial charge in [-0.3, -0.25) is 9.79 Å². The number of carboxylic acid groups (broad SMARTS) is 1. The van der Waals surface area contributed by atoms with E-state index in [0.717, 1.165) is 15.0 Å². The average molecular weight is 364 g/mol. The summed E-state index contributed by atoms with van der Waals surface area (Å²) >= 11 is 5.54. The zero-order valence-corrected chi connectivity index (χ0v) is 15.4. The van der Waals surface area contributed by atoms with Crippen LogP contribution in [0.25, 0.3) is 10.1 Å². The summed E-state index contributed by atoms with van der Waals surface area (Å²) in [6.07, 6.45) is 1.84. The van der Waals surface area contributed by atoms with Crippen molar-refractivity contribution in [2.24, 2.45) is 4.99 Å². The van der Waals surface area contributed by atoms with E-state index in [9.17, 15) is 9.59 Å². The van der Waals surface area contributed by atoms with Crippen LogP contribution in [-0.4, -0.2) is 40.5 Å². The normalized spacial score (nSPS) is 13.3. The number of thiol groups is 1. The minimum absolute atomic E-state index is 0.0369. The van der Waals surface area contributed by atoms with Crippen molar-refractivity contribution in [2.45, 2.75) is 32.4 Å². The van der Waals surface area contributed by atoms with Crippen LogP contribution in [-0.2, 0) is 4.79 Å². The molecule has 1 unspecified atom stereocenters. The second-order valence-corrected chi connectivity index (χ2v) is 7.86. The maximum Gasteiger partial charge on any atom is 0.327 e. The monoisotopic (exact) mass is 364 g/mol. The SMILES string of the molecule is CC(C)(C)/N=C\c1cc2cc(C(=O)NC(CS)C(=O)O)ccc2s1. The first kappa shape index (κ1) is 18.5. The Morgan fingerprint density at radius 2 is 2.08 bits per heavy atom. The Kier molecular flexibility index (Phi) is 5.66. The number of carbonyl (C=O) groups is 2. The largest absolute Gasteiger partial charge is 0.480 e. The highest BCUT2D eigenvalue weighted by Gasteiger charge is 2.19. The first-order chi connectivity index (χ1) is 11.2. The molecule has 1 heterocycles. The number of rotatable bonds is 5. The quantitative estimate of drug-likeness (QED) is 0.563. The molecule has 0 aliphatic carbocycles. The molecule has 0 saturated heterocycles. The predicted octanol–water partition coefficient (Wildman–Crippen LogP) is 3.23. The summed E-state index contributed by atoms with van der Waals surface area (Å²) < 4.78 is 1.05.